The number of rotatable bonds is 6. The second kappa shape index (κ2) is 7.02. The first kappa shape index (κ1) is 10.6. The van der Waals surface area contributed by atoms with Crippen LogP contribution in [0.5, 0.6) is 0 Å². The summed E-state index contributed by atoms with van der Waals surface area (Å²) < 4.78 is 0. The van der Waals surface area contributed by atoms with Crippen LogP contribution >= 0.6 is 23.1 Å². The van der Waals surface area contributed by atoms with Gasteiger partial charge in [-0.3, -0.25) is 0 Å². The summed E-state index contributed by atoms with van der Waals surface area (Å²) in [6.45, 7) is 2.01. The molecular formula is C10H13NS2. The molecule has 3 heteroatoms. The highest BCUT2D eigenvalue weighted by atomic mass is 32.2. The Hall–Kier alpha value is -0.430. The molecule has 0 fully saturated rings. The van der Waals surface area contributed by atoms with Gasteiger partial charge in [-0.1, -0.05) is 12.0 Å². The first-order chi connectivity index (χ1) is 6.43. The van der Waals surface area contributed by atoms with Crippen molar-refractivity contribution in [3.8, 4) is 12.3 Å². The molecule has 0 aliphatic heterocycles. The maximum Gasteiger partial charge on any atom is 0.0545 e. The van der Waals surface area contributed by atoms with Gasteiger partial charge in [0.2, 0.25) is 0 Å². The summed E-state index contributed by atoms with van der Waals surface area (Å²) in [6.07, 6.45) is 5.13. The average Bonchev–Trinajstić information content (AvgIpc) is 2.63. The Labute approximate surface area is 87.9 Å². The maximum atomic E-state index is 5.13. The van der Waals surface area contributed by atoms with E-state index in [1.807, 2.05) is 0 Å². The van der Waals surface area contributed by atoms with Crippen molar-refractivity contribution in [1.29, 1.82) is 0 Å². The first-order valence-corrected chi connectivity index (χ1v) is 6.21. The lowest BCUT2D eigenvalue weighted by molar-refractivity contribution is 0.741. The smallest absolute Gasteiger partial charge is 0.0545 e. The standard InChI is InChI=1S/C10H13NS2/c1-2-6-12-8-5-11-9-10-4-3-7-13-10/h1,3-4,7,11H,5-6,8-9H2. The van der Waals surface area contributed by atoms with Crippen LogP contribution in [0, 0.1) is 12.3 Å². The molecule has 1 aromatic rings. The van der Waals surface area contributed by atoms with Gasteiger partial charge >= 0.3 is 0 Å². The monoisotopic (exact) mass is 211 g/mol. The Morgan fingerprint density at radius 2 is 2.54 bits per heavy atom. The number of hydrogen-bond donors (Lipinski definition) is 1. The molecule has 1 aromatic heterocycles. The molecule has 0 spiro atoms. The quantitative estimate of drug-likeness (QED) is 0.572. The first-order valence-electron chi connectivity index (χ1n) is 4.18. The van der Waals surface area contributed by atoms with E-state index in [0.717, 1.165) is 24.6 Å². The highest BCUT2D eigenvalue weighted by molar-refractivity contribution is 7.99. The third kappa shape index (κ3) is 4.99. The maximum absolute atomic E-state index is 5.13. The number of terminal acetylenes is 1. The molecule has 0 amide bonds. The highest BCUT2D eigenvalue weighted by Crippen LogP contribution is 2.07. The van der Waals surface area contributed by atoms with E-state index in [-0.39, 0.29) is 0 Å². The highest BCUT2D eigenvalue weighted by Gasteiger charge is 1.91. The summed E-state index contributed by atoms with van der Waals surface area (Å²) in [4.78, 5) is 1.39. The van der Waals surface area contributed by atoms with E-state index in [0.29, 0.717) is 0 Å². The van der Waals surface area contributed by atoms with Gasteiger partial charge in [-0.05, 0) is 11.4 Å². The molecule has 1 rings (SSSR count). The molecular weight excluding hydrogens is 198 g/mol. The van der Waals surface area contributed by atoms with Crippen molar-refractivity contribution in [2.75, 3.05) is 18.1 Å². The van der Waals surface area contributed by atoms with Gasteiger partial charge in [0.1, 0.15) is 0 Å². The van der Waals surface area contributed by atoms with Gasteiger partial charge in [-0.15, -0.1) is 29.5 Å². The lowest BCUT2D eigenvalue weighted by Crippen LogP contribution is -2.15. The minimum Gasteiger partial charge on any atom is -0.311 e. The zero-order valence-corrected chi connectivity index (χ0v) is 9.09. The van der Waals surface area contributed by atoms with Crippen molar-refractivity contribution in [3.63, 3.8) is 0 Å². The fourth-order valence-electron chi connectivity index (χ4n) is 0.900. The number of hydrogen-bond acceptors (Lipinski definition) is 3. The molecule has 0 atom stereocenters. The van der Waals surface area contributed by atoms with Crippen molar-refractivity contribution in [3.05, 3.63) is 22.4 Å². The average molecular weight is 211 g/mol. The molecule has 1 heterocycles. The van der Waals surface area contributed by atoms with E-state index in [4.69, 9.17) is 6.42 Å². The normalized spacial score (nSPS) is 9.77. The van der Waals surface area contributed by atoms with Crippen LogP contribution in [0.2, 0.25) is 0 Å². The van der Waals surface area contributed by atoms with Crippen LogP contribution in [0.25, 0.3) is 0 Å². The van der Waals surface area contributed by atoms with Gasteiger partial charge in [-0.2, -0.15) is 0 Å². The summed E-state index contributed by atoms with van der Waals surface area (Å²) in [5.41, 5.74) is 0. The van der Waals surface area contributed by atoms with Gasteiger partial charge in [0.15, 0.2) is 0 Å². The molecule has 0 aromatic carbocycles. The minimum absolute atomic E-state index is 0.820. The van der Waals surface area contributed by atoms with Crippen molar-refractivity contribution < 1.29 is 0 Å². The SMILES string of the molecule is C#CCSCCNCc1cccs1. The molecule has 70 valence electrons. The third-order valence-electron chi connectivity index (χ3n) is 1.49. The topological polar surface area (TPSA) is 12.0 Å². The third-order valence-corrected chi connectivity index (χ3v) is 3.23. The van der Waals surface area contributed by atoms with E-state index >= 15 is 0 Å². The van der Waals surface area contributed by atoms with E-state index in [2.05, 4.69) is 28.8 Å². The van der Waals surface area contributed by atoms with Crippen LogP contribution in [-0.2, 0) is 6.54 Å². The Morgan fingerprint density at radius 1 is 1.62 bits per heavy atom. The van der Waals surface area contributed by atoms with Gasteiger partial charge in [0, 0.05) is 23.7 Å². The molecule has 0 saturated heterocycles. The largest absolute Gasteiger partial charge is 0.311 e. The lowest BCUT2D eigenvalue weighted by Gasteiger charge is -2.00. The molecule has 13 heavy (non-hydrogen) atoms. The Kier molecular flexibility index (Phi) is 5.75. The molecule has 0 unspecified atom stereocenters. The van der Waals surface area contributed by atoms with E-state index in [1.165, 1.54) is 4.88 Å². The molecule has 0 bridgehead atoms. The second-order valence-electron chi connectivity index (χ2n) is 2.51. The van der Waals surface area contributed by atoms with Gasteiger partial charge in [-0.25, -0.2) is 0 Å². The van der Waals surface area contributed by atoms with Crippen LogP contribution in [-0.4, -0.2) is 18.1 Å². The zero-order valence-electron chi connectivity index (χ0n) is 7.45. The number of thioether (sulfide) groups is 1. The summed E-state index contributed by atoms with van der Waals surface area (Å²) in [7, 11) is 0. The van der Waals surface area contributed by atoms with Gasteiger partial charge < -0.3 is 5.32 Å². The van der Waals surface area contributed by atoms with Crippen LogP contribution in [0.3, 0.4) is 0 Å². The Balaban J connectivity index is 1.94. The van der Waals surface area contributed by atoms with Crippen molar-refractivity contribution in [2.45, 2.75) is 6.54 Å². The molecule has 0 aliphatic carbocycles. The van der Waals surface area contributed by atoms with Crippen LogP contribution < -0.4 is 5.32 Å². The second-order valence-corrected chi connectivity index (χ2v) is 4.65. The number of nitrogens with one attached hydrogen (secondary N) is 1. The van der Waals surface area contributed by atoms with Crippen molar-refractivity contribution in [1.82, 2.24) is 5.32 Å². The lowest BCUT2D eigenvalue weighted by atomic mass is 10.4. The summed E-state index contributed by atoms with van der Waals surface area (Å²) in [6, 6.07) is 4.22. The van der Waals surface area contributed by atoms with Crippen molar-refractivity contribution >= 4 is 23.1 Å². The van der Waals surface area contributed by atoms with E-state index in [9.17, 15) is 0 Å². The predicted molar refractivity (Wildman–Crippen MR) is 62.2 cm³/mol. The van der Waals surface area contributed by atoms with Crippen LogP contribution in [0.15, 0.2) is 17.5 Å². The summed E-state index contributed by atoms with van der Waals surface area (Å²) in [5.74, 6) is 4.52. The molecule has 0 aliphatic rings. The molecule has 1 nitrogen and oxygen atoms in total. The van der Waals surface area contributed by atoms with Crippen molar-refractivity contribution in [2.24, 2.45) is 0 Å². The Bertz CT molecular complexity index is 248. The molecule has 0 saturated carbocycles. The fraction of sp³-hybridized carbons (Fsp3) is 0.400. The van der Waals surface area contributed by atoms with E-state index in [1.54, 1.807) is 23.1 Å². The summed E-state index contributed by atoms with van der Waals surface area (Å²) in [5, 5.41) is 5.47. The minimum atomic E-state index is 0.820. The van der Waals surface area contributed by atoms with Gasteiger partial charge in [0.05, 0.1) is 5.75 Å². The zero-order chi connectivity index (χ0) is 9.36. The van der Waals surface area contributed by atoms with Crippen LogP contribution in [0.1, 0.15) is 4.88 Å². The molecule has 1 N–H and O–H groups in total. The summed E-state index contributed by atoms with van der Waals surface area (Å²) >= 11 is 3.58. The fourth-order valence-corrected chi connectivity index (χ4v) is 2.13. The Morgan fingerprint density at radius 3 is 3.23 bits per heavy atom. The van der Waals surface area contributed by atoms with E-state index < -0.39 is 0 Å². The van der Waals surface area contributed by atoms with Gasteiger partial charge in [0.25, 0.3) is 0 Å². The molecule has 0 radical (unpaired) electrons. The number of thiophene rings is 1. The predicted octanol–water partition coefficient (Wildman–Crippen LogP) is 2.20. The van der Waals surface area contributed by atoms with Crippen LogP contribution in [0.4, 0.5) is 0 Å².